The van der Waals surface area contributed by atoms with E-state index in [1.807, 2.05) is 6.92 Å². The molecule has 0 aliphatic rings. The molecule has 1 unspecified atom stereocenters. The normalized spacial score (nSPS) is 12.2. The summed E-state index contributed by atoms with van der Waals surface area (Å²) in [7, 11) is 0. The van der Waals surface area contributed by atoms with Gasteiger partial charge in [0, 0.05) is 12.6 Å². The molecule has 3 nitrogen and oxygen atoms in total. The first-order chi connectivity index (χ1) is 5.70. The number of nitrogens with one attached hydrogen (secondary N) is 2. The second kappa shape index (κ2) is 6.95. The van der Waals surface area contributed by atoms with Crippen LogP contribution in [0, 0.1) is 0 Å². The Balaban J connectivity index is 3.33. The average Bonchev–Trinajstić information content (AvgIpc) is 2.05. The highest BCUT2D eigenvalue weighted by atomic mass is 16.2. The molecule has 0 aromatic rings. The van der Waals surface area contributed by atoms with Crippen LogP contribution in [0.3, 0.4) is 0 Å². The fourth-order valence-corrected chi connectivity index (χ4v) is 0.756. The lowest BCUT2D eigenvalue weighted by atomic mass is 10.3. The Morgan fingerprint density at radius 1 is 1.42 bits per heavy atom. The van der Waals surface area contributed by atoms with Crippen LogP contribution in [-0.2, 0) is 0 Å². The van der Waals surface area contributed by atoms with Crippen molar-refractivity contribution in [2.24, 2.45) is 0 Å². The molecule has 3 heteroatoms. The van der Waals surface area contributed by atoms with Crippen LogP contribution in [0.4, 0.5) is 4.79 Å². The van der Waals surface area contributed by atoms with Gasteiger partial charge in [-0.25, -0.2) is 4.79 Å². The summed E-state index contributed by atoms with van der Waals surface area (Å²) in [5.74, 6) is 0. The lowest BCUT2D eigenvalue weighted by Gasteiger charge is -2.11. The van der Waals surface area contributed by atoms with Gasteiger partial charge < -0.3 is 10.6 Å². The summed E-state index contributed by atoms with van der Waals surface area (Å²) in [5.41, 5.74) is 0. The van der Waals surface area contributed by atoms with Crippen molar-refractivity contribution in [3.8, 4) is 0 Å². The van der Waals surface area contributed by atoms with Crippen LogP contribution in [0.1, 0.15) is 40.0 Å². The van der Waals surface area contributed by atoms with Crippen molar-refractivity contribution in [2.75, 3.05) is 6.54 Å². The lowest BCUT2D eigenvalue weighted by molar-refractivity contribution is 0.237. The van der Waals surface area contributed by atoms with E-state index in [1.54, 1.807) is 0 Å². The molecule has 0 aliphatic heterocycles. The number of hydrogen-bond donors (Lipinski definition) is 2. The number of rotatable bonds is 5. The largest absolute Gasteiger partial charge is 0.338 e. The highest BCUT2D eigenvalue weighted by Gasteiger charge is 2.02. The standard InChI is InChI=1S/C9H20N2O/c1-4-6-7-10-9(12)11-8(3)5-2/h8H,4-7H2,1-3H3,(H2,10,11,12). The second-order valence-electron chi connectivity index (χ2n) is 3.06. The minimum atomic E-state index is -0.0437. The minimum absolute atomic E-state index is 0.0437. The average molecular weight is 172 g/mol. The van der Waals surface area contributed by atoms with E-state index in [0.29, 0.717) is 0 Å². The van der Waals surface area contributed by atoms with Crippen LogP contribution < -0.4 is 10.6 Å². The van der Waals surface area contributed by atoms with Crippen molar-refractivity contribution < 1.29 is 4.79 Å². The molecule has 0 aromatic carbocycles. The minimum Gasteiger partial charge on any atom is -0.338 e. The van der Waals surface area contributed by atoms with Crippen LogP contribution in [0.15, 0.2) is 0 Å². The summed E-state index contributed by atoms with van der Waals surface area (Å²) in [6.45, 7) is 6.93. The highest BCUT2D eigenvalue weighted by molar-refractivity contribution is 5.74. The maximum absolute atomic E-state index is 11.1. The highest BCUT2D eigenvalue weighted by Crippen LogP contribution is 1.87. The number of urea groups is 1. The smallest absolute Gasteiger partial charge is 0.314 e. The predicted molar refractivity (Wildman–Crippen MR) is 51.2 cm³/mol. The molecular formula is C9H20N2O. The molecule has 0 rings (SSSR count). The van der Waals surface area contributed by atoms with Gasteiger partial charge in [0.25, 0.3) is 0 Å². The van der Waals surface area contributed by atoms with Gasteiger partial charge in [-0.2, -0.15) is 0 Å². The third-order valence-electron chi connectivity index (χ3n) is 1.81. The van der Waals surface area contributed by atoms with Gasteiger partial charge in [-0.3, -0.25) is 0 Å². The third kappa shape index (κ3) is 6.01. The zero-order chi connectivity index (χ0) is 9.40. The maximum atomic E-state index is 11.1. The predicted octanol–water partition coefficient (Wildman–Crippen LogP) is 1.88. The first-order valence-corrected chi connectivity index (χ1v) is 4.75. The molecule has 0 aromatic heterocycles. The molecule has 2 N–H and O–H groups in total. The van der Waals surface area contributed by atoms with Crippen LogP contribution in [0.2, 0.25) is 0 Å². The van der Waals surface area contributed by atoms with Gasteiger partial charge in [-0.05, 0) is 19.8 Å². The second-order valence-corrected chi connectivity index (χ2v) is 3.06. The fourth-order valence-electron chi connectivity index (χ4n) is 0.756. The van der Waals surface area contributed by atoms with E-state index in [-0.39, 0.29) is 12.1 Å². The number of carbonyl (C=O) groups excluding carboxylic acids is 1. The Hall–Kier alpha value is -0.730. The molecule has 2 amide bonds. The summed E-state index contributed by atoms with van der Waals surface area (Å²) >= 11 is 0. The molecule has 0 radical (unpaired) electrons. The van der Waals surface area contributed by atoms with E-state index in [1.165, 1.54) is 0 Å². The van der Waals surface area contributed by atoms with Gasteiger partial charge in [0.05, 0.1) is 0 Å². The zero-order valence-corrected chi connectivity index (χ0v) is 8.31. The fraction of sp³-hybridized carbons (Fsp3) is 0.889. The third-order valence-corrected chi connectivity index (χ3v) is 1.81. The van der Waals surface area contributed by atoms with Crippen molar-refractivity contribution in [1.29, 1.82) is 0 Å². The van der Waals surface area contributed by atoms with Gasteiger partial charge >= 0.3 is 6.03 Å². The summed E-state index contributed by atoms with van der Waals surface area (Å²) in [6.07, 6.45) is 3.14. The first kappa shape index (κ1) is 11.3. The monoisotopic (exact) mass is 172 g/mol. The molecule has 0 spiro atoms. The topological polar surface area (TPSA) is 41.1 Å². The lowest BCUT2D eigenvalue weighted by Crippen LogP contribution is -2.40. The van der Waals surface area contributed by atoms with E-state index in [2.05, 4.69) is 24.5 Å². The van der Waals surface area contributed by atoms with Crippen molar-refractivity contribution in [2.45, 2.75) is 46.1 Å². The van der Waals surface area contributed by atoms with E-state index in [0.717, 1.165) is 25.8 Å². The van der Waals surface area contributed by atoms with Gasteiger partial charge in [0.2, 0.25) is 0 Å². The Morgan fingerprint density at radius 2 is 2.08 bits per heavy atom. The van der Waals surface area contributed by atoms with Gasteiger partial charge in [0.15, 0.2) is 0 Å². The van der Waals surface area contributed by atoms with Crippen molar-refractivity contribution in [3.63, 3.8) is 0 Å². The van der Waals surface area contributed by atoms with E-state index >= 15 is 0 Å². The van der Waals surface area contributed by atoms with E-state index < -0.39 is 0 Å². The molecule has 72 valence electrons. The van der Waals surface area contributed by atoms with Gasteiger partial charge in [-0.15, -0.1) is 0 Å². The number of hydrogen-bond acceptors (Lipinski definition) is 1. The number of carbonyl (C=O) groups is 1. The van der Waals surface area contributed by atoms with Crippen LogP contribution >= 0.6 is 0 Å². The Bertz CT molecular complexity index is 126. The molecule has 0 saturated carbocycles. The van der Waals surface area contributed by atoms with Gasteiger partial charge in [0.1, 0.15) is 0 Å². The quantitative estimate of drug-likeness (QED) is 0.611. The summed E-state index contributed by atoms with van der Waals surface area (Å²) < 4.78 is 0. The summed E-state index contributed by atoms with van der Waals surface area (Å²) in [6, 6.07) is 0.226. The van der Waals surface area contributed by atoms with Crippen molar-refractivity contribution >= 4 is 6.03 Å². The first-order valence-electron chi connectivity index (χ1n) is 4.75. The Kier molecular flexibility index (Phi) is 6.53. The summed E-state index contributed by atoms with van der Waals surface area (Å²) in [4.78, 5) is 11.1. The molecule has 0 bridgehead atoms. The maximum Gasteiger partial charge on any atom is 0.314 e. The van der Waals surface area contributed by atoms with Gasteiger partial charge in [-0.1, -0.05) is 20.3 Å². The van der Waals surface area contributed by atoms with Crippen LogP contribution in [0.25, 0.3) is 0 Å². The molecule has 0 heterocycles. The zero-order valence-electron chi connectivity index (χ0n) is 8.31. The molecule has 0 saturated heterocycles. The van der Waals surface area contributed by atoms with Crippen LogP contribution in [-0.4, -0.2) is 18.6 Å². The molecule has 0 aliphatic carbocycles. The molecule has 12 heavy (non-hydrogen) atoms. The van der Waals surface area contributed by atoms with Crippen molar-refractivity contribution in [3.05, 3.63) is 0 Å². The molecular weight excluding hydrogens is 152 g/mol. The molecule has 1 atom stereocenters. The Morgan fingerprint density at radius 3 is 2.58 bits per heavy atom. The molecule has 0 fully saturated rings. The Labute approximate surface area is 74.9 Å². The van der Waals surface area contributed by atoms with E-state index in [9.17, 15) is 4.79 Å². The number of amides is 2. The number of unbranched alkanes of at least 4 members (excludes halogenated alkanes) is 1. The SMILES string of the molecule is CCCCNC(=O)NC(C)CC. The van der Waals surface area contributed by atoms with E-state index in [4.69, 9.17) is 0 Å². The summed E-state index contributed by atoms with van der Waals surface area (Å²) in [5, 5.41) is 5.64. The van der Waals surface area contributed by atoms with Crippen LogP contribution in [0.5, 0.6) is 0 Å². The van der Waals surface area contributed by atoms with Crippen molar-refractivity contribution in [1.82, 2.24) is 10.6 Å².